The third-order valence-electron chi connectivity index (χ3n) is 3.61. The molecule has 3 N–H and O–H groups in total. The Hall–Kier alpha value is -1.55. The van der Waals surface area contributed by atoms with Gasteiger partial charge in [-0.05, 0) is 17.5 Å². The van der Waals surface area contributed by atoms with E-state index in [2.05, 4.69) is 11.4 Å². The Kier molecular flexibility index (Phi) is 4.43. The zero-order chi connectivity index (χ0) is 13.8. The second kappa shape index (κ2) is 6.06. The zero-order valence-corrected chi connectivity index (χ0v) is 11.6. The number of carbonyl (C=O) groups is 1. The highest BCUT2D eigenvalue weighted by molar-refractivity contribution is 5.79. The van der Waals surface area contributed by atoms with Gasteiger partial charge in [0.15, 0.2) is 0 Å². The van der Waals surface area contributed by atoms with Gasteiger partial charge >= 0.3 is 0 Å². The molecule has 19 heavy (non-hydrogen) atoms. The Morgan fingerprint density at radius 2 is 2.21 bits per heavy atom. The molecule has 2 unspecified atom stereocenters. The van der Waals surface area contributed by atoms with E-state index in [0.29, 0.717) is 13.1 Å². The van der Waals surface area contributed by atoms with Gasteiger partial charge in [0.25, 0.3) is 0 Å². The molecule has 1 amide bonds. The van der Waals surface area contributed by atoms with Crippen LogP contribution in [0.5, 0.6) is 5.75 Å². The zero-order valence-electron chi connectivity index (χ0n) is 11.6. The number of nitrogens with two attached hydrogens (primary N) is 1. The van der Waals surface area contributed by atoms with Crippen LogP contribution in [0, 0.1) is 11.8 Å². The molecule has 0 radical (unpaired) electrons. The Bertz CT molecular complexity index is 421. The summed E-state index contributed by atoms with van der Waals surface area (Å²) in [5.41, 5.74) is 6.84. The van der Waals surface area contributed by atoms with Crippen molar-refractivity contribution in [1.29, 1.82) is 0 Å². The Morgan fingerprint density at radius 3 is 2.84 bits per heavy atom. The maximum atomic E-state index is 12.0. The van der Waals surface area contributed by atoms with Crippen LogP contribution in [0.4, 0.5) is 0 Å². The van der Waals surface area contributed by atoms with Gasteiger partial charge in [-0.25, -0.2) is 0 Å². The fourth-order valence-corrected chi connectivity index (χ4v) is 2.40. The summed E-state index contributed by atoms with van der Waals surface area (Å²) < 4.78 is 5.79. The molecule has 1 aromatic carbocycles. The second-order valence-corrected chi connectivity index (χ2v) is 5.38. The fourth-order valence-electron chi connectivity index (χ4n) is 2.40. The molecular formula is C15H22N2O2. The van der Waals surface area contributed by atoms with Crippen LogP contribution in [0.1, 0.15) is 19.4 Å². The molecule has 0 fully saturated rings. The average molecular weight is 262 g/mol. The van der Waals surface area contributed by atoms with Crippen LogP contribution in [-0.4, -0.2) is 25.1 Å². The Labute approximate surface area is 114 Å². The van der Waals surface area contributed by atoms with Crippen LogP contribution in [0.2, 0.25) is 0 Å². The van der Waals surface area contributed by atoms with E-state index < -0.39 is 0 Å². The van der Waals surface area contributed by atoms with E-state index in [-0.39, 0.29) is 23.8 Å². The van der Waals surface area contributed by atoms with Gasteiger partial charge in [0.1, 0.15) is 11.9 Å². The monoisotopic (exact) mass is 262 g/mol. The average Bonchev–Trinajstić information content (AvgIpc) is 2.79. The second-order valence-electron chi connectivity index (χ2n) is 5.38. The highest BCUT2D eigenvalue weighted by Gasteiger charge is 2.25. The number of para-hydroxylation sites is 1. The maximum absolute atomic E-state index is 12.0. The quantitative estimate of drug-likeness (QED) is 0.841. The lowest BCUT2D eigenvalue weighted by Gasteiger charge is -2.19. The summed E-state index contributed by atoms with van der Waals surface area (Å²) in [4.78, 5) is 12.0. The lowest BCUT2D eigenvalue weighted by molar-refractivity contribution is -0.126. The van der Waals surface area contributed by atoms with Gasteiger partial charge in [-0.2, -0.15) is 0 Å². The molecule has 1 heterocycles. The van der Waals surface area contributed by atoms with Gasteiger partial charge in [-0.3, -0.25) is 4.79 Å². The Morgan fingerprint density at radius 1 is 1.47 bits per heavy atom. The third kappa shape index (κ3) is 3.26. The molecule has 0 aliphatic carbocycles. The lowest BCUT2D eigenvalue weighted by Crippen LogP contribution is -2.42. The molecule has 2 rings (SSSR count). The topological polar surface area (TPSA) is 64.4 Å². The van der Waals surface area contributed by atoms with E-state index >= 15 is 0 Å². The van der Waals surface area contributed by atoms with Crippen molar-refractivity contribution in [2.75, 3.05) is 13.1 Å². The molecule has 0 saturated heterocycles. The molecule has 0 aromatic heterocycles. The van der Waals surface area contributed by atoms with E-state index in [9.17, 15) is 4.79 Å². The smallest absolute Gasteiger partial charge is 0.224 e. The van der Waals surface area contributed by atoms with Crippen LogP contribution in [0.15, 0.2) is 24.3 Å². The number of rotatable bonds is 5. The highest BCUT2D eigenvalue weighted by Crippen LogP contribution is 2.27. The first-order valence-electron chi connectivity index (χ1n) is 6.84. The van der Waals surface area contributed by atoms with Gasteiger partial charge in [0, 0.05) is 13.0 Å². The molecular weight excluding hydrogens is 240 g/mol. The number of carbonyl (C=O) groups excluding carboxylic acids is 1. The number of benzene rings is 1. The number of hydrogen-bond acceptors (Lipinski definition) is 3. The van der Waals surface area contributed by atoms with Gasteiger partial charge in [0.05, 0.1) is 12.5 Å². The van der Waals surface area contributed by atoms with Crippen LogP contribution < -0.4 is 15.8 Å². The predicted octanol–water partition coefficient (Wildman–Crippen LogP) is 1.34. The predicted molar refractivity (Wildman–Crippen MR) is 75.0 cm³/mol. The van der Waals surface area contributed by atoms with E-state index in [1.807, 2.05) is 32.0 Å². The van der Waals surface area contributed by atoms with E-state index in [1.165, 1.54) is 5.56 Å². The van der Waals surface area contributed by atoms with Crippen LogP contribution >= 0.6 is 0 Å². The molecule has 4 heteroatoms. The molecule has 2 atom stereocenters. The van der Waals surface area contributed by atoms with Crippen molar-refractivity contribution in [2.24, 2.45) is 17.6 Å². The van der Waals surface area contributed by atoms with Crippen molar-refractivity contribution in [3.63, 3.8) is 0 Å². The molecule has 1 aromatic rings. The van der Waals surface area contributed by atoms with E-state index in [0.717, 1.165) is 12.2 Å². The van der Waals surface area contributed by atoms with Gasteiger partial charge in [0.2, 0.25) is 5.91 Å². The van der Waals surface area contributed by atoms with Crippen LogP contribution in [0.3, 0.4) is 0 Å². The van der Waals surface area contributed by atoms with Crippen molar-refractivity contribution >= 4 is 5.91 Å². The minimum atomic E-state index is -0.122. The van der Waals surface area contributed by atoms with Crippen LogP contribution in [-0.2, 0) is 11.2 Å². The summed E-state index contributed by atoms with van der Waals surface area (Å²) >= 11 is 0. The number of fused-ring (bicyclic) bond motifs is 1. The summed E-state index contributed by atoms with van der Waals surface area (Å²) in [6.07, 6.45) is 0.887. The van der Waals surface area contributed by atoms with Crippen molar-refractivity contribution in [1.82, 2.24) is 5.32 Å². The summed E-state index contributed by atoms with van der Waals surface area (Å²) in [5, 5.41) is 2.95. The summed E-state index contributed by atoms with van der Waals surface area (Å²) in [7, 11) is 0. The molecule has 104 valence electrons. The third-order valence-corrected chi connectivity index (χ3v) is 3.61. The minimum absolute atomic E-state index is 0.0251. The maximum Gasteiger partial charge on any atom is 0.224 e. The SMILES string of the molecule is CC(C)C(CN)C(=O)NCC1Cc2ccccc2O1. The van der Waals surface area contributed by atoms with Crippen molar-refractivity contribution in [3.8, 4) is 5.75 Å². The normalized spacial score (nSPS) is 18.8. The minimum Gasteiger partial charge on any atom is -0.488 e. The lowest BCUT2D eigenvalue weighted by atomic mass is 9.95. The van der Waals surface area contributed by atoms with Gasteiger partial charge < -0.3 is 15.8 Å². The number of nitrogens with one attached hydrogen (secondary N) is 1. The summed E-state index contributed by atoms with van der Waals surface area (Å²) in [5.74, 6) is 1.09. The van der Waals surface area contributed by atoms with Crippen LogP contribution in [0.25, 0.3) is 0 Å². The first-order chi connectivity index (χ1) is 9.11. The number of amides is 1. The molecule has 1 aliphatic rings. The highest BCUT2D eigenvalue weighted by atomic mass is 16.5. The number of ether oxygens (including phenoxy) is 1. The van der Waals surface area contributed by atoms with E-state index in [1.54, 1.807) is 0 Å². The first-order valence-corrected chi connectivity index (χ1v) is 6.84. The van der Waals surface area contributed by atoms with Gasteiger partial charge in [-0.15, -0.1) is 0 Å². The molecule has 4 nitrogen and oxygen atoms in total. The van der Waals surface area contributed by atoms with E-state index in [4.69, 9.17) is 10.5 Å². The molecule has 0 saturated carbocycles. The van der Waals surface area contributed by atoms with Gasteiger partial charge in [-0.1, -0.05) is 32.0 Å². The molecule has 0 bridgehead atoms. The summed E-state index contributed by atoms with van der Waals surface area (Å²) in [6, 6.07) is 8.00. The Balaban J connectivity index is 1.83. The fraction of sp³-hybridized carbons (Fsp3) is 0.533. The van der Waals surface area contributed by atoms with Crippen molar-refractivity contribution in [2.45, 2.75) is 26.4 Å². The van der Waals surface area contributed by atoms with Crippen molar-refractivity contribution in [3.05, 3.63) is 29.8 Å². The number of hydrogen-bond donors (Lipinski definition) is 2. The molecule has 0 spiro atoms. The largest absolute Gasteiger partial charge is 0.488 e. The standard InChI is InChI=1S/C15H22N2O2/c1-10(2)13(8-16)15(18)17-9-12-7-11-5-3-4-6-14(11)19-12/h3-6,10,12-13H,7-9,16H2,1-2H3,(H,17,18). The van der Waals surface area contributed by atoms with Crippen molar-refractivity contribution < 1.29 is 9.53 Å². The summed E-state index contributed by atoms with van der Waals surface area (Å²) in [6.45, 7) is 4.95. The first kappa shape index (κ1) is 13.9. The molecule has 1 aliphatic heterocycles.